The SMILES string of the molecule is CC#[C][Pb]([CH3])([CH3])[C]#CC. The van der Waals surface area contributed by atoms with Gasteiger partial charge in [0.2, 0.25) is 0 Å². The molecule has 0 heterocycles. The summed E-state index contributed by atoms with van der Waals surface area (Å²) in [5.74, 6) is 5.88. The van der Waals surface area contributed by atoms with Crippen molar-refractivity contribution in [2.45, 2.75) is 22.8 Å². The summed E-state index contributed by atoms with van der Waals surface area (Å²) in [6.45, 7) is 3.78. The third-order valence-corrected chi connectivity index (χ3v) is 7.68. The Morgan fingerprint density at radius 3 is 1.44 bits per heavy atom. The molecule has 1 heteroatoms. The molecular formula is C8H12Pb. The Kier molecular flexibility index (Phi) is 3.97. The fourth-order valence-corrected chi connectivity index (χ4v) is 5.76. The van der Waals surface area contributed by atoms with Crippen LogP contribution in [0.1, 0.15) is 13.8 Å². The van der Waals surface area contributed by atoms with E-state index in [9.17, 15) is 0 Å². The van der Waals surface area contributed by atoms with E-state index in [0.717, 1.165) is 0 Å². The molecule has 0 aliphatic heterocycles. The second-order valence-electron chi connectivity index (χ2n) is 2.38. The molecule has 0 aromatic rings. The zero-order chi connectivity index (χ0) is 7.33. The second kappa shape index (κ2) is 3.95. The molecule has 0 saturated carbocycles. The second-order valence-corrected chi connectivity index (χ2v) is 17.0. The Hall–Kier alpha value is 0.0421. The van der Waals surface area contributed by atoms with E-state index in [1.807, 2.05) is 13.8 Å². The van der Waals surface area contributed by atoms with E-state index in [1.54, 1.807) is 0 Å². The summed E-state index contributed by atoms with van der Waals surface area (Å²) in [7, 11) is 0. The minimum absolute atomic E-state index is 1.89. The molecule has 0 bridgehead atoms. The summed E-state index contributed by atoms with van der Waals surface area (Å²) in [4.78, 5) is 0. The van der Waals surface area contributed by atoms with Crippen LogP contribution in [0.15, 0.2) is 0 Å². The summed E-state index contributed by atoms with van der Waals surface area (Å²) >= 11 is -2.21. The van der Waals surface area contributed by atoms with Crippen LogP contribution in [0, 0.1) is 18.8 Å². The molecule has 48 valence electrons. The summed E-state index contributed by atoms with van der Waals surface area (Å²) in [6.07, 6.45) is 0. The van der Waals surface area contributed by atoms with Crippen molar-refractivity contribution in [2.75, 3.05) is 0 Å². The average molecular weight is 315 g/mol. The van der Waals surface area contributed by atoms with E-state index in [4.69, 9.17) is 0 Å². The first-order chi connectivity index (χ1) is 4.12. The van der Waals surface area contributed by atoms with Gasteiger partial charge in [0, 0.05) is 0 Å². The maximum atomic E-state index is 3.22. The van der Waals surface area contributed by atoms with E-state index in [2.05, 4.69) is 27.8 Å². The van der Waals surface area contributed by atoms with Gasteiger partial charge in [-0.15, -0.1) is 0 Å². The van der Waals surface area contributed by atoms with Gasteiger partial charge < -0.3 is 0 Å². The summed E-state index contributed by atoms with van der Waals surface area (Å²) in [6, 6.07) is 0. The summed E-state index contributed by atoms with van der Waals surface area (Å²) in [5, 5.41) is 0. The van der Waals surface area contributed by atoms with Gasteiger partial charge in [-0.25, -0.2) is 0 Å². The molecule has 0 aromatic heterocycles. The van der Waals surface area contributed by atoms with Crippen molar-refractivity contribution in [2.24, 2.45) is 0 Å². The molecule has 0 N–H and O–H groups in total. The van der Waals surface area contributed by atoms with Crippen molar-refractivity contribution in [1.82, 2.24) is 0 Å². The molecule has 0 aliphatic rings. The Labute approximate surface area is 62.7 Å². The van der Waals surface area contributed by atoms with Crippen molar-refractivity contribution in [3.63, 3.8) is 0 Å². The van der Waals surface area contributed by atoms with Gasteiger partial charge >= 0.3 is 62.8 Å². The van der Waals surface area contributed by atoms with Crippen LogP contribution in [0.2, 0.25) is 8.97 Å². The molecule has 9 heavy (non-hydrogen) atoms. The van der Waals surface area contributed by atoms with E-state index in [-0.39, 0.29) is 0 Å². The molecule has 0 amide bonds. The maximum absolute atomic E-state index is 3.22. The molecule has 0 aromatic carbocycles. The number of hydrogen-bond donors (Lipinski definition) is 0. The Balaban J connectivity index is 4.26. The predicted octanol–water partition coefficient (Wildman–Crippen LogP) is 1.82. The van der Waals surface area contributed by atoms with Gasteiger partial charge in [0.25, 0.3) is 0 Å². The van der Waals surface area contributed by atoms with Crippen LogP contribution in [0.5, 0.6) is 0 Å². The average Bonchev–Trinajstić information content (AvgIpc) is 1.64. The van der Waals surface area contributed by atoms with Gasteiger partial charge in [-0.1, -0.05) is 0 Å². The van der Waals surface area contributed by atoms with Gasteiger partial charge in [0.1, 0.15) is 0 Å². The zero-order valence-corrected chi connectivity index (χ0v) is 10.4. The van der Waals surface area contributed by atoms with Gasteiger partial charge in [0.05, 0.1) is 0 Å². The normalized spacial score (nSPS) is 8.44. The molecule has 0 fully saturated rings. The van der Waals surface area contributed by atoms with Crippen LogP contribution < -0.4 is 0 Å². The fourth-order valence-electron chi connectivity index (χ4n) is 0.656. The van der Waals surface area contributed by atoms with Crippen LogP contribution in [0.3, 0.4) is 0 Å². The van der Waals surface area contributed by atoms with Crippen molar-refractivity contribution in [3.8, 4) is 18.8 Å². The molecular weight excluding hydrogens is 303 g/mol. The standard InChI is InChI=1S/2C3H3.2CH3.Pb/c2*1-3-2;;;/h2*1H3;2*1H3;. The third-order valence-electron chi connectivity index (χ3n) is 0.875. The first-order valence-corrected chi connectivity index (χ1v) is 14.7. The monoisotopic (exact) mass is 316 g/mol. The van der Waals surface area contributed by atoms with Crippen molar-refractivity contribution in [3.05, 3.63) is 0 Å². The Morgan fingerprint density at radius 2 is 1.22 bits per heavy atom. The number of rotatable bonds is 0. The van der Waals surface area contributed by atoms with Crippen LogP contribution in [-0.4, -0.2) is 21.2 Å². The quantitative estimate of drug-likeness (QED) is 0.472. The van der Waals surface area contributed by atoms with Crippen LogP contribution in [0.4, 0.5) is 0 Å². The van der Waals surface area contributed by atoms with Crippen LogP contribution in [0.25, 0.3) is 0 Å². The van der Waals surface area contributed by atoms with Crippen molar-refractivity contribution in [1.29, 1.82) is 0 Å². The predicted molar refractivity (Wildman–Crippen MR) is 44.4 cm³/mol. The van der Waals surface area contributed by atoms with E-state index in [0.29, 0.717) is 0 Å². The first-order valence-electron chi connectivity index (χ1n) is 3.00. The molecule has 0 saturated heterocycles. The molecule has 0 nitrogen and oxygen atoms in total. The molecule has 0 unspecified atom stereocenters. The van der Waals surface area contributed by atoms with Gasteiger partial charge in [-0.3, -0.25) is 0 Å². The minimum atomic E-state index is -2.21. The first kappa shape index (κ1) is 9.04. The van der Waals surface area contributed by atoms with E-state index in [1.165, 1.54) is 0 Å². The third kappa shape index (κ3) is 4.54. The van der Waals surface area contributed by atoms with Gasteiger partial charge in [-0.05, 0) is 0 Å². The molecule has 0 aliphatic carbocycles. The van der Waals surface area contributed by atoms with Gasteiger partial charge in [-0.2, -0.15) is 0 Å². The van der Waals surface area contributed by atoms with Gasteiger partial charge in [0.15, 0.2) is 0 Å². The van der Waals surface area contributed by atoms with Crippen molar-refractivity contribution >= 4 is 21.2 Å². The molecule has 0 radical (unpaired) electrons. The van der Waals surface area contributed by atoms with Crippen LogP contribution in [-0.2, 0) is 0 Å². The summed E-state index contributed by atoms with van der Waals surface area (Å²) in [5.41, 5.74) is 0. The summed E-state index contributed by atoms with van der Waals surface area (Å²) < 4.78 is 10.9. The Morgan fingerprint density at radius 1 is 0.889 bits per heavy atom. The molecule has 0 rings (SSSR count). The van der Waals surface area contributed by atoms with E-state index < -0.39 is 21.2 Å². The Bertz CT molecular complexity index is 170. The number of hydrogen-bond acceptors (Lipinski definition) is 0. The van der Waals surface area contributed by atoms with Crippen molar-refractivity contribution < 1.29 is 0 Å². The fraction of sp³-hybridized carbons (Fsp3) is 0.500. The zero-order valence-electron chi connectivity index (χ0n) is 6.50. The van der Waals surface area contributed by atoms with Crippen LogP contribution >= 0.6 is 0 Å². The molecule has 0 atom stereocenters. The topological polar surface area (TPSA) is 0 Å². The van der Waals surface area contributed by atoms with E-state index >= 15 is 0 Å². The molecule has 0 spiro atoms.